The molecule has 5 heteroatoms. The summed E-state index contributed by atoms with van der Waals surface area (Å²) in [5, 5.41) is 9.21. The van der Waals surface area contributed by atoms with Crippen molar-refractivity contribution in [3.05, 3.63) is 48.0 Å². The van der Waals surface area contributed by atoms with Gasteiger partial charge in [0.2, 0.25) is 0 Å². The van der Waals surface area contributed by atoms with Crippen LogP contribution >= 0.6 is 0 Å². The van der Waals surface area contributed by atoms with Crippen LogP contribution in [0, 0.1) is 5.41 Å². The van der Waals surface area contributed by atoms with Crippen molar-refractivity contribution in [1.82, 2.24) is 4.90 Å². The third-order valence-corrected chi connectivity index (χ3v) is 3.60. The van der Waals surface area contributed by atoms with Gasteiger partial charge in [-0.1, -0.05) is 36.9 Å². The van der Waals surface area contributed by atoms with E-state index >= 15 is 0 Å². The molecule has 0 spiro atoms. The van der Waals surface area contributed by atoms with E-state index in [4.69, 9.17) is 4.74 Å². The maximum absolute atomic E-state index is 11.9. The lowest BCUT2D eigenvalue weighted by Gasteiger charge is -2.19. The summed E-state index contributed by atoms with van der Waals surface area (Å²) in [6.07, 6.45) is -0.514. The van der Waals surface area contributed by atoms with Gasteiger partial charge < -0.3 is 14.7 Å². The van der Waals surface area contributed by atoms with Gasteiger partial charge in [0.25, 0.3) is 0 Å². The lowest BCUT2D eigenvalue weighted by molar-refractivity contribution is -0.145. The average Bonchev–Trinajstić information content (AvgIpc) is 2.75. The molecule has 20 heavy (non-hydrogen) atoms. The molecule has 0 aliphatic carbocycles. The molecule has 0 saturated carbocycles. The van der Waals surface area contributed by atoms with Crippen molar-refractivity contribution in [2.75, 3.05) is 13.1 Å². The van der Waals surface area contributed by atoms with Crippen molar-refractivity contribution in [3.63, 3.8) is 0 Å². The van der Waals surface area contributed by atoms with E-state index in [1.54, 1.807) is 6.92 Å². The van der Waals surface area contributed by atoms with Crippen LogP contribution in [0.1, 0.15) is 12.5 Å². The number of benzene rings is 1. The molecule has 1 N–H and O–H groups in total. The van der Waals surface area contributed by atoms with Crippen LogP contribution in [-0.4, -0.2) is 35.2 Å². The predicted octanol–water partition coefficient (Wildman–Crippen LogP) is 2.29. The summed E-state index contributed by atoms with van der Waals surface area (Å²) in [5.74, 6) is -0.971. The van der Waals surface area contributed by atoms with Gasteiger partial charge in [-0.25, -0.2) is 4.79 Å². The molecule has 1 heterocycles. The molecule has 0 unspecified atom stereocenters. The van der Waals surface area contributed by atoms with Crippen molar-refractivity contribution >= 4 is 12.1 Å². The van der Waals surface area contributed by atoms with Crippen molar-refractivity contribution in [3.8, 4) is 0 Å². The van der Waals surface area contributed by atoms with Gasteiger partial charge in [-0.05, 0) is 18.1 Å². The van der Waals surface area contributed by atoms with Crippen molar-refractivity contribution in [2.45, 2.75) is 13.5 Å². The van der Waals surface area contributed by atoms with Crippen molar-refractivity contribution < 1.29 is 19.4 Å². The molecule has 1 atom stereocenters. The summed E-state index contributed by atoms with van der Waals surface area (Å²) >= 11 is 0. The highest BCUT2D eigenvalue weighted by Crippen LogP contribution is 2.34. The minimum atomic E-state index is -1.09. The number of carbonyl (C=O) groups excluding carboxylic acids is 1. The predicted molar refractivity (Wildman–Crippen MR) is 73.1 cm³/mol. The van der Waals surface area contributed by atoms with Crippen LogP contribution < -0.4 is 0 Å². The first-order valence-corrected chi connectivity index (χ1v) is 6.31. The van der Waals surface area contributed by atoms with E-state index in [-0.39, 0.29) is 19.7 Å². The second kappa shape index (κ2) is 5.36. The molecule has 106 valence electrons. The molecule has 1 aromatic carbocycles. The molecular formula is C15H17NO4. The van der Waals surface area contributed by atoms with Gasteiger partial charge in [0.1, 0.15) is 12.0 Å². The van der Waals surface area contributed by atoms with E-state index in [2.05, 4.69) is 6.58 Å². The number of carboxylic acid groups (broad SMARTS) is 1. The molecule has 0 bridgehead atoms. The minimum absolute atomic E-state index is 0.0921. The first kappa shape index (κ1) is 14.1. The van der Waals surface area contributed by atoms with Gasteiger partial charge in [-0.15, -0.1) is 0 Å². The first-order chi connectivity index (χ1) is 9.43. The topological polar surface area (TPSA) is 66.8 Å². The number of hydrogen-bond donors (Lipinski definition) is 1. The standard InChI is InChI=1S/C15H17NO4/c1-11-8-16(10-15(11,2)13(17)18)14(19)20-9-12-6-4-3-5-7-12/h3-7H,1,8-10H2,2H3,(H,17,18)/t15-/m0/s1. The second-order valence-corrected chi connectivity index (χ2v) is 5.14. The number of carboxylic acids is 1. The van der Waals surface area contributed by atoms with Gasteiger partial charge in [0, 0.05) is 13.1 Å². The van der Waals surface area contributed by atoms with Crippen LogP contribution in [0.5, 0.6) is 0 Å². The van der Waals surface area contributed by atoms with Gasteiger partial charge in [0.05, 0.1) is 0 Å². The van der Waals surface area contributed by atoms with Crippen LogP contribution in [0.25, 0.3) is 0 Å². The summed E-state index contributed by atoms with van der Waals surface area (Å²) in [6, 6.07) is 9.33. The Bertz CT molecular complexity index is 540. The molecule has 1 saturated heterocycles. The minimum Gasteiger partial charge on any atom is -0.481 e. The number of likely N-dealkylation sites (tertiary alicyclic amines) is 1. The van der Waals surface area contributed by atoms with E-state index in [0.29, 0.717) is 5.57 Å². The maximum atomic E-state index is 11.9. The van der Waals surface area contributed by atoms with E-state index in [9.17, 15) is 14.7 Å². The normalized spacial score (nSPS) is 21.9. The highest BCUT2D eigenvalue weighted by atomic mass is 16.6. The number of nitrogens with zero attached hydrogens (tertiary/aromatic N) is 1. The Morgan fingerprint density at radius 2 is 2.05 bits per heavy atom. The van der Waals surface area contributed by atoms with E-state index in [0.717, 1.165) is 5.56 Å². The second-order valence-electron chi connectivity index (χ2n) is 5.14. The van der Waals surface area contributed by atoms with Gasteiger partial charge in [-0.2, -0.15) is 0 Å². The fraction of sp³-hybridized carbons (Fsp3) is 0.333. The SMILES string of the molecule is C=C1CN(C(=O)OCc2ccccc2)C[C@]1(C)C(=O)O. The Labute approximate surface area is 117 Å². The lowest BCUT2D eigenvalue weighted by Crippen LogP contribution is -2.35. The van der Waals surface area contributed by atoms with Crippen LogP contribution in [0.3, 0.4) is 0 Å². The molecule has 2 rings (SSSR count). The number of hydrogen-bond acceptors (Lipinski definition) is 3. The number of amides is 1. The maximum Gasteiger partial charge on any atom is 0.410 e. The number of aliphatic carboxylic acids is 1. The van der Waals surface area contributed by atoms with Crippen LogP contribution in [0.4, 0.5) is 4.79 Å². The Morgan fingerprint density at radius 1 is 1.40 bits per heavy atom. The van der Waals surface area contributed by atoms with Crippen LogP contribution in [-0.2, 0) is 16.1 Å². The zero-order valence-electron chi connectivity index (χ0n) is 11.3. The van der Waals surface area contributed by atoms with Gasteiger partial charge >= 0.3 is 12.1 Å². The summed E-state index contributed by atoms with van der Waals surface area (Å²) < 4.78 is 5.19. The van der Waals surface area contributed by atoms with E-state index in [1.165, 1.54) is 4.90 Å². The number of ether oxygens (including phenoxy) is 1. The molecule has 5 nitrogen and oxygen atoms in total. The van der Waals surface area contributed by atoms with Gasteiger partial charge in [-0.3, -0.25) is 4.79 Å². The average molecular weight is 275 g/mol. The monoisotopic (exact) mass is 275 g/mol. The molecule has 1 amide bonds. The Morgan fingerprint density at radius 3 is 2.60 bits per heavy atom. The summed E-state index contributed by atoms with van der Waals surface area (Å²) in [4.78, 5) is 24.6. The summed E-state index contributed by atoms with van der Waals surface area (Å²) in [6.45, 7) is 5.80. The fourth-order valence-electron chi connectivity index (χ4n) is 2.11. The Hall–Kier alpha value is -2.30. The highest BCUT2D eigenvalue weighted by molar-refractivity contribution is 5.81. The Kier molecular flexibility index (Phi) is 3.79. The van der Waals surface area contributed by atoms with E-state index in [1.807, 2.05) is 30.3 Å². The summed E-state index contributed by atoms with van der Waals surface area (Å²) in [5.41, 5.74) is 0.313. The molecule has 1 aliphatic heterocycles. The van der Waals surface area contributed by atoms with Crippen molar-refractivity contribution in [1.29, 1.82) is 0 Å². The highest BCUT2D eigenvalue weighted by Gasteiger charge is 2.45. The lowest BCUT2D eigenvalue weighted by atomic mass is 9.86. The number of rotatable bonds is 3. The largest absolute Gasteiger partial charge is 0.481 e. The van der Waals surface area contributed by atoms with Crippen molar-refractivity contribution in [2.24, 2.45) is 5.41 Å². The molecule has 0 aromatic heterocycles. The quantitative estimate of drug-likeness (QED) is 0.859. The van der Waals surface area contributed by atoms with E-state index < -0.39 is 17.5 Å². The zero-order chi connectivity index (χ0) is 14.8. The third kappa shape index (κ3) is 2.66. The van der Waals surface area contributed by atoms with Crippen LogP contribution in [0.2, 0.25) is 0 Å². The molecule has 0 radical (unpaired) electrons. The zero-order valence-corrected chi connectivity index (χ0v) is 11.3. The molecule has 1 aliphatic rings. The van der Waals surface area contributed by atoms with Gasteiger partial charge in [0.15, 0.2) is 0 Å². The smallest absolute Gasteiger partial charge is 0.410 e. The third-order valence-electron chi connectivity index (χ3n) is 3.60. The fourth-order valence-corrected chi connectivity index (χ4v) is 2.11. The van der Waals surface area contributed by atoms with Crippen LogP contribution in [0.15, 0.2) is 42.5 Å². The Balaban J connectivity index is 1.95. The molecule has 1 fully saturated rings. The molecular weight excluding hydrogens is 258 g/mol. The number of carbonyl (C=O) groups is 2. The first-order valence-electron chi connectivity index (χ1n) is 6.31. The molecule has 1 aromatic rings. The summed E-state index contributed by atoms with van der Waals surface area (Å²) in [7, 11) is 0.